The highest BCUT2D eigenvalue weighted by Gasteiger charge is 2.54. The van der Waals surface area contributed by atoms with Crippen LogP contribution >= 0.6 is 0 Å². The van der Waals surface area contributed by atoms with Gasteiger partial charge in [-0.25, -0.2) is 0 Å². The SMILES string of the molecule is Cc1ccc2c(c1)C1(OCCCO1)C(=O)N2CCCOc1ccccc1. The summed E-state index contributed by atoms with van der Waals surface area (Å²) in [4.78, 5) is 14.9. The quantitative estimate of drug-likeness (QED) is 0.773. The van der Waals surface area contributed by atoms with Crippen LogP contribution in [0.2, 0.25) is 0 Å². The third-order valence-corrected chi connectivity index (χ3v) is 4.76. The molecule has 4 rings (SSSR count). The van der Waals surface area contributed by atoms with E-state index in [2.05, 4.69) is 0 Å². The third kappa shape index (κ3) is 2.97. The first-order valence-corrected chi connectivity index (χ1v) is 9.09. The highest BCUT2D eigenvalue weighted by molar-refractivity contribution is 6.06. The molecule has 0 bridgehead atoms. The van der Waals surface area contributed by atoms with Crippen molar-refractivity contribution in [3.8, 4) is 5.75 Å². The molecule has 1 saturated heterocycles. The van der Waals surface area contributed by atoms with Gasteiger partial charge in [0.2, 0.25) is 0 Å². The van der Waals surface area contributed by atoms with Crippen LogP contribution in [0.5, 0.6) is 5.75 Å². The number of aryl methyl sites for hydroxylation is 1. The molecule has 0 saturated carbocycles. The zero-order chi connectivity index (χ0) is 18.0. The van der Waals surface area contributed by atoms with Crippen molar-refractivity contribution in [1.82, 2.24) is 0 Å². The summed E-state index contributed by atoms with van der Waals surface area (Å²) in [5.41, 5.74) is 2.79. The number of hydrogen-bond acceptors (Lipinski definition) is 4. The van der Waals surface area contributed by atoms with E-state index < -0.39 is 5.79 Å². The Kier molecular flexibility index (Phi) is 4.66. The molecule has 2 aliphatic heterocycles. The summed E-state index contributed by atoms with van der Waals surface area (Å²) in [6.07, 6.45) is 1.53. The Morgan fingerprint density at radius 1 is 1.12 bits per heavy atom. The predicted octanol–water partition coefficient (Wildman–Crippen LogP) is 3.40. The lowest BCUT2D eigenvalue weighted by atomic mass is 10.0. The normalized spacial score (nSPS) is 18.2. The number of carbonyl (C=O) groups excluding carboxylic acids is 1. The molecule has 0 radical (unpaired) electrons. The van der Waals surface area contributed by atoms with Gasteiger partial charge in [-0.05, 0) is 44.0 Å². The molecule has 1 fully saturated rings. The number of fused-ring (bicyclic) bond motifs is 2. The number of rotatable bonds is 5. The lowest BCUT2D eigenvalue weighted by molar-refractivity contribution is -0.256. The van der Waals surface area contributed by atoms with Crippen molar-refractivity contribution in [1.29, 1.82) is 0 Å². The van der Waals surface area contributed by atoms with E-state index in [1.54, 1.807) is 4.90 Å². The van der Waals surface area contributed by atoms with Gasteiger partial charge in [0, 0.05) is 12.1 Å². The number of nitrogens with zero attached hydrogens (tertiary/aromatic N) is 1. The zero-order valence-electron chi connectivity index (χ0n) is 14.9. The Morgan fingerprint density at radius 3 is 2.65 bits per heavy atom. The molecule has 2 aromatic rings. The molecule has 5 nitrogen and oxygen atoms in total. The van der Waals surface area contributed by atoms with Gasteiger partial charge < -0.3 is 19.1 Å². The van der Waals surface area contributed by atoms with E-state index >= 15 is 0 Å². The number of amides is 1. The van der Waals surface area contributed by atoms with Gasteiger partial charge in [-0.1, -0.05) is 29.8 Å². The van der Waals surface area contributed by atoms with Crippen LogP contribution < -0.4 is 9.64 Å². The van der Waals surface area contributed by atoms with Crippen LogP contribution in [-0.2, 0) is 20.1 Å². The highest BCUT2D eigenvalue weighted by atomic mass is 16.7. The van der Waals surface area contributed by atoms with Gasteiger partial charge in [-0.3, -0.25) is 4.79 Å². The molecular weight excluding hydrogens is 330 g/mol. The first-order chi connectivity index (χ1) is 12.7. The second kappa shape index (κ2) is 7.09. The summed E-state index contributed by atoms with van der Waals surface area (Å²) >= 11 is 0. The summed E-state index contributed by atoms with van der Waals surface area (Å²) in [5, 5.41) is 0. The van der Waals surface area contributed by atoms with Crippen molar-refractivity contribution in [3.05, 3.63) is 59.7 Å². The van der Waals surface area contributed by atoms with E-state index in [0.29, 0.717) is 26.4 Å². The van der Waals surface area contributed by atoms with E-state index in [9.17, 15) is 4.79 Å². The van der Waals surface area contributed by atoms with Gasteiger partial charge in [-0.2, -0.15) is 0 Å². The Balaban J connectivity index is 1.49. The Hall–Kier alpha value is -2.37. The second-order valence-corrected chi connectivity index (χ2v) is 6.66. The third-order valence-electron chi connectivity index (χ3n) is 4.76. The molecule has 1 amide bonds. The summed E-state index contributed by atoms with van der Waals surface area (Å²) in [7, 11) is 0. The lowest BCUT2D eigenvalue weighted by Gasteiger charge is -2.32. The standard InChI is InChI=1S/C21H23NO4/c1-16-9-10-19-18(15-16)21(25-13-6-14-26-21)20(23)22(19)11-5-12-24-17-7-3-2-4-8-17/h2-4,7-10,15H,5-6,11-14H2,1H3. The van der Waals surface area contributed by atoms with Crippen LogP contribution in [0, 0.1) is 6.92 Å². The molecule has 2 aliphatic rings. The molecule has 0 aromatic heterocycles. The largest absolute Gasteiger partial charge is 0.494 e. The van der Waals surface area contributed by atoms with Gasteiger partial charge in [-0.15, -0.1) is 0 Å². The van der Waals surface area contributed by atoms with Gasteiger partial charge in [0.25, 0.3) is 11.7 Å². The van der Waals surface area contributed by atoms with E-state index in [1.165, 1.54) is 0 Å². The number of hydrogen-bond donors (Lipinski definition) is 0. The number of ether oxygens (including phenoxy) is 3. The van der Waals surface area contributed by atoms with Crippen LogP contribution in [0.25, 0.3) is 0 Å². The smallest absolute Gasteiger partial charge is 0.292 e. The number of anilines is 1. The highest BCUT2D eigenvalue weighted by Crippen LogP contribution is 2.45. The van der Waals surface area contributed by atoms with Crippen LogP contribution in [-0.4, -0.2) is 32.3 Å². The van der Waals surface area contributed by atoms with Crippen LogP contribution in [0.3, 0.4) is 0 Å². The van der Waals surface area contributed by atoms with E-state index in [0.717, 1.165) is 35.4 Å². The predicted molar refractivity (Wildman–Crippen MR) is 98.3 cm³/mol. The first-order valence-electron chi connectivity index (χ1n) is 9.09. The minimum atomic E-state index is -1.26. The molecule has 0 atom stereocenters. The second-order valence-electron chi connectivity index (χ2n) is 6.66. The molecule has 5 heteroatoms. The average molecular weight is 353 g/mol. The topological polar surface area (TPSA) is 48.0 Å². The van der Waals surface area contributed by atoms with Crippen molar-refractivity contribution in [2.24, 2.45) is 0 Å². The Bertz CT molecular complexity index is 784. The van der Waals surface area contributed by atoms with Crippen LogP contribution in [0.15, 0.2) is 48.5 Å². The van der Waals surface area contributed by atoms with Crippen LogP contribution in [0.4, 0.5) is 5.69 Å². The Labute approximate surface area is 153 Å². The number of benzene rings is 2. The fourth-order valence-corrected chi connectivity index (χ4v) is 3.51. The van der Waals surface area contributed by atoms with Crippen LogP contribution in [0.1, 0.15) is 24.0 Å². The molecule has 2 heterocycles. The van der Waals surface area contributed by atoms with Crippen molar-refractivity contribution in [3.63, 3.8) is 0 Å². The first kappa shape index (κ1) is 17.1. The van der Waals surface area contributed by atoms with E-state index in [-0.39, 0.29) is 5.91 Å². The number of para-hydroxylation sites is 1. The summed E-state index contributed by atoms with van der Waals surface area (Å²) in [6.45, 7) is 4.19. The molecule has 136 valence electrons. The lowest BCUT2D eigenvalue weighted by Crippen LogP contribution is -2.47. The van der Waals surface area contributed by atoms with Crippen molar-refractivity contribution in [2.75, 3.05) is 31.3 Å². The fraction of sp³-hybridized carbons (Fsp3) is 0.381. The van der Waals surface area contributed by atoms with E-state index in [4.69, 9.17) is 14.2 Å². The molecule has 1 spiro atoms. The molecule has 0 aliphatic carbocycles. The maximum atomic E-state index is 13.1. The van der Waals surface area contributed by atoms with Crippen molar-refractivity contribution >= 4 is 11.6 Å². The molecule has 26 heavy (non-hydrogen) atoms. The van der Waals surface area contributed by atoms with Crippen molar-refractivity contribution in [2.45, 2.75) is 25.6 Å². The minimum absolute atomic E-state index is 0.127. The summed E-state index contributed by atoms with van der Waals surface area (Å²) in [6, 6.07) is 15.7. The molecule has 0 unspecified atom stereocenters. The minimum Gasteiger partial charge on any atom is -0.494 e. The molecular formula is C21H23NO4. The maximum Gasteiger partial charge on any atom is 0.292 e. The zero-order valence-corrected chi connectivity index (χ0v) is 14.9. The van der Waals surface area contributed by atoms with Gasteiger partial charge in [0.05, 0.1) is 25.5 Å². The maximum absolute atomic E-state index is 13.1. The van der Waals surface area contributed by atoms with Gasteiger partial charge >= 0.3 is 0 Å². The van der Waals surface area contributed by atoms with Gasteiger partial charge in [0.1, 0.15) is 5.75 Å². The monoisotopic (exact) mass is 353 g/mol. The molecule has 0 N–H and O–H groups in total. The number of carbonyl (C=O) groups is 1. The fourth-order valence-electron chi connectivity index (χ4n) is 3.51. The summed E-state index contributed by atoms with van der Waals surface area (Å²) in [5.74, 6) is -0.552. The Morgan fingerprint density at radius 2 is 1.88 bits per heavy atom. The van der Waals surface area contributed by atoms with Crippen molar-refractivity contribution < 1.29 is 19.0 Å². The van der Waals surface area contributed by atoms with Gasteiger partial charge in [0.15, 0.2) is 0 Å². The average Bonchev–Trinajstić information content (AvgIpc) is 2.89. The van der Waals surface area contributed by atoms with E-state index in [1.807, 2.05) is 55.5 Å². The molecule has 2 aromatic carbocycles. The summed E-state index contributed by atoms with van der Waals surface area (Å²) < 4.78 is 17.5.